The lowest BCUT2D eigenvalue weighted by Crippen LogP contribution is -2.36. The molecule has 3 amide bonds. The fourth-order valence-electron chi connectivity index (χ4n) is 1.53. The average Bonchev–Trinajstić information content (AvgIpc) is 2.93. The molecule has 20 heavy (non-hydrogen) atoms. The fraction of sp³-hybridized carbons (Fsp3) is 0.300. The van der Waals surface area contributed by atoms with Gasteiger partial charge in [0.1, 0.15) is 11.8 Å². The van der Waals surface area contributed by atoms with E-state index in [0.29, 0.717) is 21.8 Å². The maximum Gasteiger partial charge on any atom is 0.323 e. The van der Waals surface area contributed by atoms with Crippen LogP contribution in [0.25, 0.3) is 0 Å². The first-order valence-electron chi connectivity index (χ1n) is 5.40. The number of imide groups is 1. The second-order valence-electron chi connectivity index (χ2n) is 3.78. The number of nitrogens with zero attached hydrogens (tertiary/aromatic N) is 2. The monoisotopic (exact) mass is 315 g/mol. The van der Waals surface area contributed by atoms with Crippen molar-refractivity contribution in [2.75, 3.05) is 11.9 Å². The molecule has 8 nitrogen and oxygen atoms in total. The number of carboxylic acids is 1. The molecule has 0 aliphatic carbocycles. The highest BCUT2D eigenvalue weighted by Crippen LogP contribution is 2.29. The lowest BCUT2D eigenvalue weighted by Gasteiger charge is -2.10. The summed E-state index contributed by atoms with van der Waals surface area (Å²) in [5.41, 5.74) is 0. The Labute approximate surface area is 121 Å². The number of aliphatic carboxylic acids is 1. The van der Waals surface area contributed by atoms with Crippen molar-refractivity contribution in [3.05, 3.63) is 11.6 Å². The average molecular weight is 315 g/mol. The molecular formula is C10H9N3O5S2. The first kappa shape index (κ1) is 14.5. The predicted molar refractivity (Wildman–Crippen MR) is 71.5 cm³/mol. The Morgan fingerprint density at radius 1 is 1.45 bits per heavy atom. The molecule has 1 aromatic heterocycles. The zero-order valence-corrected chi connectivity index (χ0v) is 11.6. The molecule has 0 radical (unpaired) electrons. The Balaban J connectivity index is 1.93. The third-order valence-corrected chi connectivity index (χ3v) is 4.11. The first-order valence-corrected chi connectivity index (χ1v) is 7.16. The Morgan fingerprint density at radius 3 is 2.80 bits per heavy atom. The number of thiazole rings is 1. The quantitative estimate of drug-likeness (QED) is 0.818. The van der Waals surface area contributed by atoms with Crippen LogP contribution in [0.2, 0.25) is 0 Å². The number of hydrogen-bond donors (Lipinski definition) is 2. The molecule has 1 aliphatic heterocycles. The summed E-state index contributed by atoms with van der Waals surface area (Å²) in [6.45, 7) is -0.685. The predicted octanol–water partition coefficient (Wildman–Crippen LogP) is 0.620. The van der Waals surface area contributed by atoms with Gasteiger partial charge in [-0.3, -0.25) is 24.1 Å². The van der Waals surface area contributed by atoms with Gasteiger partial charge in [-0.1, -0.05) is 11.8 Å². The number of nitrogens with one attached hydrogen (secondary N) is 1. The molecule has 0 unspecified atom stereocenters. The van der Waals surface area contributed by atoms with Crippen LogP contribution >= 0.6 is 23.1 Å². The van der Waals surface area contributed by atoms with E-state index in [4.69, 9.17) is 5.11 Å². The van der Waals surface area contributed by atoms with E-state index in [9.17, 15) is 19.2 Å². The second kappa shape index (κ2) is 6.01. The van der Waals surface area contributed by atoms with Crippen LogP contribution in [-0.4, -0.2) is 49.8 Å². The summed E-state index contributed by atoms with van der Waals surface area (Å²) in [7, 11) is 0. The number of thioether (sulfide) groups is 1. The smallest absolute Gasteiger partial charge is 0.323 e. The van der Waals surface area contributed by atoms with Crippen molar-refractivity contribution in [1.29, 1.82) is 0 Å². The summed E-state index contributed by atoms with van der Waals surface area (Å²) in [4.78, 5) is 50.0. The lowest BCUT2D eigenvalue weighted by atomic mass is 10.2. The van der Waals surface area contributed by atoms with Crippen LogP contribution in [0, 0.1) is 0 Å². The van der Waals surface area contributed by atoms with Crippen LogP contribution in [0.4, 0.5) is 9.93 Å². The van der Waals surface area contributed by atoms with Gasteiger partial charge in [-0.2, -0.15) is 0 Å². The van der Waals surface area contributed by atoms with Crippen molar-refractivity contribution in [1.82, 2.24) is 9.88 Å². The number of carboxylic acid groups (broad SMARTS) is 1. The largest absolute Gasteiger partial charge is 0.480 e. The summed E-state index contributed by atoms with van der Waals surface area (Å²) in [6, 6.07) is 0. The maximum absolute atomic E-state index is 11.8. The lowest BCUT2D eigenvalue weighted by molar-refractivity contribution is -0.141. The maximum atomic E-state index is 11.8. The Bertz CT molecular complexity index is 559. The van der Waals surface area contributed by atoms with Crippen molar-refractivity contribution < 1.29 is 24.3 Å². The van der Waals surface area contributed by atoms with Gasteiger partial charge in [0.15, 0.2) is 5.13 Å². The zero-order chi connectivity index (χ0) is 14.7. The van der Waals surface area contributed by atoms with Crippen LogP contribution in [0.1, 0.15) is 6.42 Å². The van der Waals surface area contributed by atoms with E-state index in [1.165, 1.54) is 17.5 Å². The van der Waals surface area contributed by atoms with Crippen molar-refractivity contribution in [3.63, 3.8) is 0 Å². The molecule has 2 N–H and O–H groups in total. The third kappa shape index (κ3) is 3.33. The van der Waals surface area contributed by atoms with E-state index in [1.807, 2.05) is 0 Å². The van der Waals surface area contributed by atoms with Gasteiger partial charge in [-0.05, 0) is 0 Å². The standard InChI is InChI=1S/C10H9N3O5S2/c14-6(12-9-11-1-2-19-9)3-5-8(17)13(4-7(15)16)10(18)20-5/h1-2,5H,3-4H2,(H,15,16)(H,11,12,14)/t5-/m0/s1. The van der Waals surface area contributed by atoms with Gasteiger partial charge < -0.3 is 10.4 Å². The minimum Gasteiger partial charge on any atom is -0.480 e. The molecule has 0 bridgehead atoms. The van der Waals surface area contributed by atoms with E-state index in [0.717, 1.165) is 0 Å². The number of carbonyl (C=O) groups is 4. The van der Waals surface area contributed by atoms with E-state index >= 15 is 0 Å². The molecule has 1 fully saturated rings. The third-order valence-electron chi connectivity index (χ3n) is 2.35. The zero-order valence-electron chi connectivity index (χ0n) is 9.94. The second-order valence-corrected chi connectivity index (χ2v) is 5.83. The van der Waals surface area contributed by atoms with Crippen LogP contribution in [-0.2, 0) is 14.4 Å². The molecule has 1 atom stereocenters. The highest BCUT2D eigenvalue weighted by atomic mass is 32.2. The number of carbonyl (C=O) groups excluding carboxylic acids is 3. The number of anilines is 1. The Morgan fingerprint density at radius 2 is 2.20 bits per heavy atom. The van der Waals surface area contributed by atoms with Gasteiger partial charge in [-0.25, -0.2) is 4.98 Å². The van der Waals surface area contributed by atoms with Crippen molar-refractivity contribution in [2.24, 2.45) is 0 Å². The van der Waals surface area contributed by atoms with Crippen LogP contribution < -0.4 is 5.32 Å². The van der Waals surface area contributed by atoms with Crippen molar-refractivity contribution in [2.45, 2.75) is 11.7 Å². The minimum absolute atomic E-state index is 0.203. The summed E-state index contributed by atoms with van der Waals surface area (Å²) in [6.07, 6.45) is 1.32. The van der Waals surface area contributed by atoms with E-state index in [2.05, 4.69) is 10.3 Å². The highest BCUT2D eigenvalue weighted by Gasteiger charge is 2.41. The molecule has 1 aromatic rings. The molecule has 10 heteroatoms. The van der Waals surface area contributed by atoms with Gasteiger partial charge in [0.2, 0.25) is 11.8 Å². The molecule has 0 aromatic carbocycles. The normalized spacial score (nSPS) is 18.4. The molecule has 0 spiro atoms. The van der Waals surface area contributed by atoms with Gasteiger partial charge in [-0.15, -0.1) is 11.3 Å². The number of hydrogen-bond acceptors (Lipinski definition) is 7. The summed E-state index contributed by atoms with van der Waals surface area (Å²) in [5, 5.41) is 11.7. The molecule has 2 heterocycles. The molecule has 106 valence electrons. The molecule has 1 aliphatic rings. The SMILES string of the molecule is O=C(O)CN1C(=O)S[C@@H](CC(=O)Nc2nccs2)C1=O. The Hall–Kier alpha value is -1.94. The van der Waals surface area contributed by atoms with Crippen molar-refractivity contribution in [3.8, 4) is 0 Å². The number of rotatable bonds is 5. The van der Waals surface area contributed by atoms with Gasteiger partial charge in [0, 0.05) is 18.0 Å². The van der Waals surface area contributed by atoms with Crippen LogP contribution in [0.5, 0.6) is 0 Å². The molecule has 1 saturated heterocycles. The minimum atomic E-state index is -1.28. The molecular weight excluding hydrogens is 306 g/mol. The summed E-state index contributed by atoms with van der Waals surface area (Å²) >= 11 is 1.89. The molecule has 2 rings (SSSR count). The van der Waals surface area contributed by atoms with E-state index in [1.54, 1.807) is 5.38 Å². The summed E-state index contributed by atoms with van der Waals surface area (Å²) < 4.78 is 0. The van der Waals surface area contributed by atoms with Gasteiger partial charge in [0.25, 0.3) is 5.24 Å². The molecule has 0 saturated carbocycles. The summed E-state index contributed by atoms with van der Waals surface area (Å²) in [5.74, 6) is -2.38. The topological polar surface area (TPSA) is 117 Å². The van der Waals surface area contributed by atoms with Gasteiger partial charge in [0.05, 0.1) is 0 Å². The van der Waals surface area contributed by atoms with Crippen LogP contribution in [0.3, 0.4) is 0 Å². The number of aromatic nitrogens is 1. The van der Waals surface area contributed by atoms with E-state index < -0.39 is 34.8 Å². The Kier molecular flexibility index (Phi) is 4.35. The van der Waals surface area contributed by atoms with Gasteiger partial charge >= 0.3 is 5.97 Å². The number of amides is 3. The van der Waals surface area contributed by atoms with Crippen molar-refractivity contribution >= 4 is 51.3 Å². The fourth-order valence-corrected chi connectivity index (χ4v) is 3.06. The van der Waals surface area contributed by atoms with E-state index in [-0.39, 0.29) is 6.42 Å². The van der Waals surface area contributed by atoms with Crippen LogP contribution in [0.15, 0.2) is 11.6 Å². The first-order chi connectivity index (χ1) is 9.47. The highest BCUT2D eigenvalue weighted by molar-refractivity contribution is 8.15.